The number of aliphatic hydroxyl groups is 2. The van der Waals surface area contributed by atoms with Crippen LogP contribution < -0.4 is 0 Å². The molecule has 6 nitrogen and oxygen atoms in total. The molecule has 0 fully saturated rings. The van der Waals surface area contributed by atoms with Crippen LogP contribution in [0.15, 0.2) is 60.7 Å². The van der Waals surface area contributed by atoms with E-state index in [1.54, 1.807) is 48.5 Å². The van der Waals surface area contributed by atoms with Gasteiger partial charge in [0.25, 0.3) is 0 Å². The zero-order chi connectivity index (χ0) is 26.2. The maximum absolute atomic E-state index is 11.6. The zero-order valence-electron chi connectivity index (χ0n) is 21.7. The van der Waals surface area contributed by atoms with Gasteiger partial charge in [-0.3, -0.25) is 0 Å². The van der Waals surface area contributed by atoms with E-state index in [-0.39, 0.29) is 13.2 Å². The molecular formula is C26H46O6. The Balaban J connectivity index is -0.000000175. The first-order chi connectivity index (χ1) is 15.8. The highest BCUT2D eigenvalue weighted by molar-refractivity contribution is 5.90. The molecule has 2 rings (SSSR count). The van der Waals surface area contributed by atoms with Crippen molar-refractivity contribution in [1.29, 1.82) is 0 Å². The summed E-state index contributed by atoms with van der Waals surface area (Å²) in [5.41, 5.74) is 0.948. The number of carbonyl (C=O) groups is 2. The van der Waals surface area contributed by atoms with Crippen LogP contribution in [0.3, 0.4) is 0 Å². The van der Waals surface area contributed by atoms with Crippen molar-refractivity contribution < 1.29 is 29.3 Å². The molecule has 186 valence electrons. The summed E-state index contributed by atoms with van der Waals surface area (Å²) < 4.78 is 10.00. The third-order valence-corrected chi connectivity index (χ3v) is 2.57. The lowest BCUT2D eigenvalue weighted by Gasteiger charge is -2.06. The first kappa shape index (κ1) is 39.7. The van der Waals surface area contributed by atoms with Crippen molar-refractivity contribution in [2.45, 2.75) is 55.4 Å². The fourth-order valence-electron chi connectivity index (χ4n) is 1.58. The Morgan fingerprint density at radius 2 is 0.750 bits per heavy atom. The molecule has 6 heteroatoms. The molecule has 32 heavy (non-hydrogen) atoms. The normalized spacial score (nSPS) is 7.25. The number of esters is 2. The highest BCUT2D eigenvalue weighted by Crippen LogP contribution is 2.02. The third-order valence-electron chi connectivity index (χ3n) is 2.57. The second-order valence-corrected chi connectivity index (χ2v) is 4.00. The van der Waals surface area contributed by atoms with E-state index in [9.17, 15) is 9.59 Å². The lowest BCUT2D eigenvalue weighted by Crippen LogP contribution is -2.14. The van der Waals surface area contributed by atoms with Crippen LogP contribution in [0.1, 0.15) is 76.1 Å². The van der Waals surface area contributed by atoms with Crippen LogP contribution in [-0.4, -0.2) is 49.6 Å². The van der Waals surface area contributed by atoms with Gasteiger partial charge in [-0.1, -0.05) is 91.8 Å². The van der Waals surface area contributed by atoms with Gasteiger partial charge in [-0.25, -0.2) is 9.59 Å². The summed E-state index contributed by atoms with van der Waals surface area (Å²) in [4.78, 5) is 23.2. The molecule has 0 aliphatic heterocycles. The molecule has 2 aromatic carbocycles. The van der Waals surface area contributed by atoms with Crippen LogP contribution >= 0.6 is 0 Å². The summed E-state index contributed by atoms with van der Waals surface area (Å²) >= 11 is 0. The van der Waals surface area contributed by atoms with Crippen LogP contribution in [0.5, 0.6) is 0 Å². The molecule has 0 atom stereocenters. The summed E-state index contributed by atoms with van der Waals surface area (Å²) in [5.74, 6) is -0.859. The molecule has 0 aliphatic rings. The lowest BCUT2D eigenvalue weighted by atomic mass is 10.2. The summed E-state index contributed by atoms with van der Waals surface area (Å²) in [6, 6.07) is 17.3. The summed E-state index contributed by atoms with van der Waals surface area (Å²) in [7, 11) is 2.00. The number of benzene rings is 2. The minimum absolute atomic E-state index is 0.0340. The van der Waals surface area contributed by atoms with Gasteiger partial charge >= 0.3 is 11.9 Å². The van der Waals surface area contributed by atoms with E-state index in [1.165, 1.54) is 0 Å². The first-order valence-electron chi connectivity index (χ1n) is 11.1. The minimum atomic E-state index is -0.429. The molecule has 2 N–H and O–H groups in total. The Morgan fingerprint density at radius 1 is 0.531 bits per heavy atom. The van der Waals surface area contributed by atoms with E-state index < -0.39 is 11.9 Å². The zero-order valence-corrected chi connectivity index (χ0v) is 21.7. The van der Waals surface area contributed by atoms with Gasteiger partial charge < -0.3 is 19.7 Å². The van der Waals surface area contributed by atoms with E-state index in [2.05, 4.69) is 0 Å². The smallest absolute Gasteiger partial charge is 0.338 e. The molecule has 2 aromatic rings. The van der Waals surface area contributed by atoms with Crippen LogP contribution in [0.2, 0.25) is 0 Å². The van der Waals surface area contributed by atoms with Crippen molar-refractivity contribution in [3.63, 3.8) is 0 Å². The van der Waals surface area contributed by atoms with Gasteiger partial charge in [-0.2, -0.15) is 0 Å². The number of rotatable bonds is 5. The number of hydrogen-bond donors (Lipinski definition) is 2. The van der Waals surface area contributed by atoms with E-state index in [1.807, 2.05) is 67.5 Å². The third kappa shape index (κ3) is 23.6. The van der Waals surface area contributed by atoms with Crippen molar-refractivity contribution in [3.05, 3.63) is 71.8 Å². The second kappa shape index (κ2) is 38.9. The van der Waals surface area contributed by atoms with Gasteiger partial charge in [-0.05, 0) is 24.3 Å². The minimum Gasteiger partial charge on any atom is -0.458 e. The van der Waals surface area contributed by atoms with Crippen molar-refractivity contribution in [1.82, 2.24) is 0 Å². The van der Waals surface area contributed by atoms with Crippen molar-refractivity contribution >= 4 is 11.9 Å². The first-order valence-corrected chi connectivity index (χ1v) is 11.1. The monoisotopic (exact) mass is 454 g/mol. The van der Waals surface area contributed by atoms with E-state index in [0.717, 1.165) is 14.2 Å². The molecule has 0 radical (unpaired) electrons. The molecule has 0 spiro atoms. The highest BCUT2D eigenvalue weighted by Gasteiger charge is 2.08. The lowest BCUT2D eigenvalue weighted by molar-refractivity contribution is 0.0265. The molecule has 0 aromatic heterocycles. The molecule has 0 heterocycles. The summed E-state index contributed by atoms with van der Waals surface area (Å²) in [6.07, 6.45) is 0. The Hall–Kier alpha value is -2.70. The topological polar surface area (TPSA) is 93.1 Å². The molecular weight excluding hydrogens is 408 g/mol. The molecule has 0 aliphatic carbocycles. The van der Waals surface area contributed by atoms with E-state index in [0.29, 0.717) is 11.1 Å². The summed E-state index contributed by atoms with van der Waals surface area (Å²) in [6.45, 7) is 16.1. The number of carbonyl (C=O) groups excluding carboxylic acids is 2. The van der Waals surface area contributed by atoms with Gasteiger partial charge in [0.1, 0.15) is 13.2 Å². The van der Waals surface area contributed by atoms with Crippen molar-refractivity contribution in [2.24, 2.45) is 0 Å². The predicted octanol–water partition coefficient (Wildman–Crippen LogP) is 6.02. The maximum atomic E-state index is 11.6. The van der Waals surface area contributed by atoms with E-state index in [4.69, 9.17) is 19.7 Å². The van der Waals surface area contributed by atoms with Gasteiger partial charge in [0.15, 0.2) is 0 Å². The Labute approximate surface area is 196 Å². The predicted molar refractivity (Wildman–Crippen MR) is 135 cm³/mol. The maximum Gasteiger partial charge on any atom is 0.338 e. The quantitative estimate of drug-likeness (QED) is 0.424. The Bertz CT molecular complexity index is 518. The van der Waals surface area contributed by atoms with Crippen LogP contribution in [-0.2, 0) is 9.47 Å². The SMILES string of the molecule is CC.CC.CC.CC.CO.CO.O=C(OCCOC(=O)c1ccccc1)c1ccccc1. The van der Waals surface area contributed by atoms with Crippen molar-refractivity contribution in [3.8, 4) is 0 Å². The fourth-order valence-corrected chi connectivity index (χ4v) is 1.58. The number of aliphatic hydroxyl groups excluding tert-OH is 2. The largest absolute Gasteiger partial charge is 0.458 e. The highest BCUT2D eigenvalue weighted by atomic mass is 16.6. The summed E-state index contributed by atoms with van der Waals surface area (Å²) in [5, 5.41) is 14.0. The average Bonchev–Trinajstić information content (AvgIpc) is 2.94. The van der Waals surface area contributed by atoms with Crippen molar-refractivity contribution in [2.75, 3.05) is 27.4 Å². The second-order valence-electron chi connectivity index (χ2n) is 4.00. The molecule has 0 amide bonds. The standard InChI is InChI=1S/C16H14O4.4C2H6.2CH4O/c17-15(13-7-3-1-4-8-13)19-11-12-20-16(18)14-9-5-2-6-10-14;6*1-2/h1-10H,11-12H2;4*1-2H3;2*2H,1H3. The van der Waals surface area contributed by atoms with Crippen LogP contribution in [0.4, 0.5) is 0 Å². The fraction of sp³-hybridized carbons (Fsp3) is 0.462. The van der Waals surface area contributed by atoms with Gasteiger partial charge in [0, 0.05) is 14.2 Å². The van der Waals surface area contributed by atoms with Gasteiger partial charge in [-0.15, -0.1) is 0 Å². The van der Waals surface area contributed by atoms with E-state index >= 15 is 0 Å². The van der Waals surface area contributed by atoms with Gasteiger partial charge in [0.05, 0.1) is 11.1 Å². The molecule has 0 bridgehead atoms. The van der Waals surface area contributed by atoms with Gasteiger partial charge in [0.2, 0.25) is 0 Å². The van der Waals surface area contributed by atoms with Crippen LogP contribution in [0, 0.1) is 0 Å². The average molecular weight is 455 g/mol. The molecule has 0 saturated carbocycles. The molecule has 0 unspecified atom stereocenters. The molecule has 0 saturated heterocycles. The van der Waals surface area contributed by atoms with Crippen LogP contribution in [0.25, 0.3) is 0 Å². The number of ether oxygens (including phenoxy) is 2. The Morgan fingerprint density at radius 3 is 0.969 bits per heavy atom. The Kier molecular flexibility index (Phi) is 48.2. The number of hydrogen-bond acceptors (Lipinski definition) is 6.